The predicted octanol–water partition coefficient (Wildman–Crippen LogP) is 0.0319. The van der Waals surface area contributed by atoms with Gasteiger partial charge >= 0.3 is 5.97 Å². The van der Waals surface area contributed by atoms with Crippen LogP contribution in [0, 0.1) is 0 Å². The molecule has 1 aromatic rings. The summed E-state index contributed by atoms with van der Waals surface area (Å²) < 4.78 is 7.18. The molecule has 0 saturated heterocycles. The third-order valence-corrected chi connectivity index (χ3v) is 2.25. The van der Waals surface area contributed by atoms with E-state index in [0.29, 0.717) is 5.56 Å². The molecule has 0 aliphatic heterocycles. The summed E-state index contributed by atoms with van der Waals surface area (Å²) >= 11 is 1.67. The minimum absolute atomic E-state index is 0.164. The van der Waals surface area contributed by atoms with Crippen LogP contribution in [-0.4, -0.2) is 29.5 Å². The van der Waals surface area contributed by atoms with Crippen molar-refractivity contribution < 1.29 is 14.3 Å². The molecule has 0 radical (unpaired) electrons. The second-order valence-electron chi connectivity index (χ2n) is 2.91. The molecule has 1 aromatic heterocycles. The maximum Gasteiger partial charge on any atom is 0.339 e. The number of nitrogens with one attached hydrogen (secondary N) is 1. The molecule has 86 valence electrons. The Kier molecular flexibility index (Phi) is 5.12. The normalized spacial score (nSPS) is 11.6. The van der Waals surface area contributed by atoms with Crippen molar-refractivity contribution in [2.45, 2.75) is 6.04 Å². The van der Waals surface area contributed by atoms with Crippen LogP contribution in [0.5, 0.6) is 0 Å². The van der Waals surface area contributed by atoms with Crippen molar-refractivity contribution in [3.05, 3.63) is 30.1 Å². The van der Waals surface area contributed by atoms with E-state index in [1.807, 2.05) is 0 Å². The smallest absolute Gasteiger partial charge is 0.339 e. The van der Waals surface area contributed by atoms with Crippen molar-refractivity contribution in [3.63, 3.8) is 0 Å². The first-order chi connectivity index (χ1) is 7.65. The number of carbonyl (C=O) groups excluding carboxylic acids is 2. The second-order valence-corrected chi connectivity index (χ2v) is 3.44. The van der Waals surface area contributed by atoms with Gasteiger partial charge in [-0.05, 0) is 12.1 Å². The molecule has 0 unspecified atom stereocenters. The predicted molar refractivity (Wildman–Crippen MR) is 64.7 cm³/mol. The van der Waals surface area contributed by atoms with Gasteiger partial charge in [0.25, 0.3) is 0 Å². The molecule has 1 rings (SSSR count). The van der Waals surface area contributed by atoms with E-state index < -0.39 is 12.0 Å². The lowest BCUT2D eigenvalue weighted by Crippen LogP contribution is -2.40. The van der Waals surface area contributed by atoms with Crippen molar-refractivity contribution in [3.8, 4) is 0 Å². The standard InChI is InChI=1S/C9H10IN3O3/c10-13-8(14)7(11)5-16-9(15)6-2-1-3-12-4-6/h1-4,7H,5,11H2,(H,13,14)/t7-/m0/s1. The molecular weight excluding hydrogens is 325 g/mol. The fourth-order valence-electron chi connectivity index (χ4n) is 0.878. The molecule has 0 aromatic carbocycles. The average Bonchev–Trinajstić information content (AvgIpc) is 2.35. The van der Waals surface area contributed by atoms with Crippen molar-refractivity contribution in [2.75, 3.05) is 6.61 Å². The molecule has 1 amide bonds. The molecule has 0 aliphatic carbocycles. The average molecular weight is 335 g/mol. The van der Waals surface area contributed by atoms with Crippen molar-refractivity contribution in [1.29, 1.82) is 0 Å². The summed E-state index contributed by atoms with van der Waals surface area (Å²) in [7, 11) is 0. The molecule has 0 aliphatic rings. The van der Waals surface area contributed by atoms with Gasteiger partial charge in [0.1, 0.15) is 12.6 Å². The number of rotatable bonds is 4. The largest absolute Gasteiger partial charge is 0.460 e. The van der Waals surface area contributed by atoms with E-state index in [-0.39, 0.29) is 12.5 Å². The molecule has 1 atom stereocenters. The number of hydrogen-bond acceptors (Lipinski definition) is 5. The van der Waals surface area contributed by atoms with Gasteiger partial charge in [-0.1, -0.05) is 0 Å². The third kappa shape index (κ3) is 3.74. The number of nitrogens with two attached hydrogens (primary N) is 1. The van der Waals surface area contributed by atoms with Crippen LogP contribution in [0.15, 0.2) is 24.5 Å². The molecule has 0 bridgehead atoms. The Balaban J connectivity index is 2.45. The van der Waals surface area contributed by atoms with Gasteiger partial charge in [-0.3, -0.25) is 13.3 Å². The Hall–Kier alpha value is -1.22. The van der Waals surface area contributed by atoms with Crippen LogP contribution in [-0.2, 0) is 9.53 Å². The molecular formula is C9H10IN3O3. The first-order valence-electron chi connectivity index (χ1n) is 4.38. The highest BCUT2D eigenvalue weighted by atomic mass is 127. The molecule has 3 N–H and O–H groups in total. The summed E-state index contributed by atoms with van der Waals surface area (Å²) in [6.07, 6.45) is 2.93. The Labute approximate surface area is 106 Å². The summed E-state index contributed by atoms with van der Waals surface area (Å²) in [6.45, 7) is -0.164. The lowest BCUT2D eigenvalue weighted by Gasteiger charge is -2.09. The van der Waals surface area contributed by atoms with Crippen LogP contribution in [0.4, 0.5) is 0 Å². The highest BCUT2D eigenvalue weighted by Gasteiger charge is 2.15. The van der Waals surface area contributed by atoms with Crippen molar-refractivity contribution in [1.82, 2.24) is 8.51 Å². The van der Waals surface area contributed by atoms with Crippen LogP contribution in [0.3, 0.4) is 0 Å². The Bertz CT molecular complexity index is 372. The second kappa shape index (κ2) is 6.38. The van der Waals surface area contributed by atoms with Gasteiger partial charge in [0.15, 0.2) is 0 Å². The minimum Gasteiger partial charge on any atom is -0.460 e. The summed E-state index contributed by atoms with van der Waals surface area (Å²) in [6, 6.07) is 2.32. The number of nitrogens with zero attached hydrogens (tertiary/aromatic N) is 1. The van der Waals surface area contributed by atoms with Gasteiger partial charge in [0.05, 0.1) is 28.4 Å². The number of esters is 1. The Morgan fingerprint density at radius 3 is 2.94 bits per heavy atom. The summed E-state index contributed by atoms with van der Waals surface area (Å²) in [5, 5.41) is 0. The van der Waals surface area contributed by atoms with E-state index in [1.165, 1.54) is 6.20 Å². The van der Waals surface area contributed by atoms with Gasteiger partial charge in [0, 0.05) is 12.4 Å². The quantitative estimate of drug-likeness (QED) is 0.460. The highest BCUT2D eigenvalue weighted by molar-refractivity contribution is 14.1. The third-order valence-electron chi connectivity index (χ3n) is 1.72. The number of hydrogen-bond donors (Lipinski definition) is 2. The van der Waals surface area contributed by atoms with Crippen molar-refractivity contribution in [2.24, 2.45) is 5.73 Å². The molecule has 7 heteroatoms. The number of halogens is 1. The molecule has 16 heavy (non-hydrogen) atoms. The minimum atomic E-state index is -0.863. The van der Waals surface area contributed by atoms with Gasteiger partial charge in [-0.2, -0.15) is 0 Å². The van der Waals surface area contributed by atoms with Gasteiger partial charge < -0.3 is 10.5 Å². The summed E-state index contributed by atoms with van der Waals surface area (Å²) in [4.78, 5) is 26.2. The topological polar surface area (TPSA) is 94.3 Å². The highest BCUT2D eigenvalue weighted by Crippen LogP contribution is 1.99. The first kappa shape index (κ1) is 12.8. The van der Waals surface area contributed by atoms with E-state index in [0.717, 1.165) is 0 Å². The van der Waals surface area contributed by atoms with E-state index in [1.54, 1.807) is 41.2 Å². The van der Waals surface area contributed by atoms with Crippen LogP contribution in [0.25, 0.3) is 0 Å². The Morgan fingerprint density at radius 1 is 1.62 bits per heavy atom. The van der Waals surface area contributed by atoms with Crippen LogP contribution in [0.1, 0.15) is 10.4 Å². The zero-order valence-corrected chi connectivity index (χ0v) is 10.4. The lowest BCUT2D eigenvalue weighted by atomic mass is 10.3. The van der Waals surface area contributed by atoms with Crippen LogP contribution >= 0.6 is 22.9 Å². The summed E-state index contributed by atoms with van der Waals surface area (Å²) in [5.41, 5.74) is 5.77. The van der Waals surface area contributed by atoms with Crippen LogP contribution in [0.2, 0.25) is 0 Å². The molecule has 1 heterocycles. The van der Waals surface area contributed by atoms with E-state index in [2.05, 4.69) is 8.51 Å². The molecule has 0 fully saturated rings. The SMILES string of the molecule is N[C@@H](COC(=O)c1cccnc1)C(=O)NI. The number of aromatic nitrogens is 1. The fraction of sp³-hybridized carbons (Fsp3) is 0.222. The zero-order valence-electron chi connectivity index (χ0n) is 8.22. The molecule has 0 saturated carbocycles. The summed E-state index contributed by atoms with van der Waals surface area (Å²) in [5.74, 6) is -0.940. The van der Waals surface area contributed by atoms with E-state index in [4.69, 9.17) is 10.5 Å². The molecule has 0 spiro atoms. The zero-order chi connectivity index (χ0) is 12.0. The van der Waals surface area contributed by atoms with Gasteiger partial charge in [0.2, 0.25) is 5.91 Å². The number of ether oxygens (including phenoxy) is 1. The van der Waals surface area contributed by atoms with Gasteiger partial charge in [-0.25, -0.2) is 4.79 Å². The maximum absolute atomic E-state index is 11.4. The Morgan fingerprint density at radius 2 is 2.38 bits per heavy atom. The lowest BCUT2D eigenvalue weighted by molar-refractivity contribution is -0.120. The fourth-order valence-corrected chi connectivity index (χ4v) is 1.28. The van der Waals surface area contributed by atoms with Crippen LogP contribution < -0.4 is 9.26 Å². The van der Waals surface area contributed by atoms with Crippen molar-refractivity contribution >= 4 is 34.7 Å². The number of pyridine rings is 1. The van der Waals surface area contributed by atoms with Gasteiger partial charge in [-0.15, -0.1) is 0 Å². The monoisotopic (exact) mass is 335 g/mol. The number of carbonyl (C=O) groups is 2. The van der Waals surface area contributed by atoms with E-state index >= 15 is 0 Å². The maximum atomic E-state index is 11.4. The number of amides is 1. The van der Waals surface area contributed by atoms with E-state index in [9.17, 15) is 9.59 Å². The molecule has 6 nitrogen and oxygen atoms in total. The first-order valence-corrected chi connectivity index (χ1v) is 5.46.